The van der Waals surface area contributed by atoms with Crippen LogP contribution in [0, 0.1) is 12.8 Å². The highest BCUT2D eigenvalue weighted by Gasteiger charge is 2.40. The minimum Gasteiger partial charge on any atom is -0.437 e. The number of aliphatic hydroxyl groups is 1. The van der Waals surface area contributed by atoms with Crippen LogP contribution in [-0.4, -0.2) is 79.2 Å². The topological polar surface area (TPSA) is 56.2 Å². The van der Waals surface area contributed by atoms with E-state index in [1.807, 2.05) is 0 Å². The largest absolute Gasteiger partial charge is 0.437 e. The van der Waals surface area contributed by atoms with E-state index in [2.05, 4.69) is 39.7 Å². The molecule has 2 unspecified atom stereocenters. The van der Waals surface area contributed by atoms with Gasteiger partial charge in [0.05, 0.1) is 0 Å². The Bertz CT molecular complexity index is 736. The van der Waals surface area contributed by atoms with Crippen molar-refractivity contribution in [2.45, 2.75) is 39.1 Å². The first kappa shape index (κ1) is 22.7. The Kier molecular flexibility index (Phi) is 7.13. The second kappa shape index (κ2) is 9.43. The summed E-state index contributed by atoms with van der Waals surface area (Å²) in [6.07, 6.45) is -6.60. The number of nitrogens with zero attached hydrogens (tertiary/aromatic N) is 3. The molecule has 2 aliphatic rings. The molecule has 3 rings (SSSR count). The summed E-state index contributed by atoms with van der Waals surface area (Å²) in [7, 11) is 0. The van der Waals surface area contributed by atoms with Crippen LogP contribution in [0.3, 0.4) is 0 Å². The zero-order valence-corrected chi connectivity index (χ0v) is 17.5. The van der Waals surface area contributed by atoms with Crippen LogP contribution in [0.2, 0.25) is 0 Å². The SMILES string of the molecule is Cc1ccc(CN2CCN(C(=O)OC(C)C(F)(F)F)CC2)c(N2CCC(CO)C2)c1. The van der Waals surface area contributed by atoms with Crippen LogP contribution >= 0.6 is 0 Å². The van der Waals surface area contributed by atoms with Gasteiger partial charge in [-0.25, -0.2) is 4.79 Å². The average molecular weight is 429 g/mol. The predicted molar refractivity (Wildman–Crippen MR) is 107 cm³/mol. The van der Waals surface area contributed by atoms with Gasteiger partial charge in [-0.3, -0.25) is 4.90 Å². The number of hydrogen-bond donors (Lipinski definition) is 1. The number of piperazine rings is 1. The van der Waals surface area contributed by atoms with Crippen molar-refractivity contribution >= 4 is 11.8 Å². The summed E-state index contributed by atoms with van der Waals surface area (Å²) in [5.74, 6) is 0.298. The number of aryl methyl sites for hydroxylation is 1. The molecule has 0 radical (unpaired) electrons. The first-order valence-corrected chi connectivity index (χ1v) is 10.4. The molecule has 0 bridgehead atoms. The summed E-state index contributed by atoms with van der Waals surface area (Å²) >= 11 is 0. The number of hydrogen-bond acceptors (Lipinski definition) is 5. The summed E-state index contributed by atoms with van der Waals surface area (Å²) in [5, 5.41) is 9.44. The number of halogens is 3. The van der Waals surface area contributed by atoms with Crippen molar-refractivity contribution in [3.8, 4) is 0 Å². The average Bonchev–Trinajstić information content (AvgIpc) is 3.18. The minimum atomic E-state index is -4.55. The molecule has 1 aromatic carbocycles. The third-order valence-electron chi connectivity index (χ3n) is 5.89. The van der Waals surface area contributed by atoms with Gasteiger partial charge in [-0.15, -0.1) is 0 Å². The van der Waals surface area contributed by atoms with Crippen molar-refractivity contribution in [3.05, 3.63) is 29.3 Å². The van der Waals surface area contributed by atoms with Gasteiger partial charge in [0.25, 0.3) is 0 Å². The summed E-state index contributed by atoms with van der Waals surface area (Å²) in [5.41, 5.74) is 3.53. The molecular formula is C21H30F3N3O3. The molecule has 1 N–H and O–H groups in total. The van der Waals surface area contributed by atoms with Gasteiger partial charge in [-0.1, -0.05) is 12.1 Å². The van der Waals surface area contributed by atoms with Crippen molar-refractivity contribution in [2.75, 3.05) is 50.8 Å². The zero-order valence-electron chi connectivity index (χ0n) is 17.5. The van der Waals surface area contributed by atoms with Gasteiger partial charge in [0.2, 0.25) is 0 Å². The zero-order chi connectivity index (χ0) is 21.9. The highest BCUT2D eigenvalue weighted by Crippen LogP contribution is 2.29. The van der Waals surface area contributed by atoms with Crippen LogP contribution in [0.25, 0.3) is 0 Å². The highest BCUT2D eigenvalue weighted by atomic mass is 19.4. The Morgan fingerprint density at radius 2 is 1.93 bits per heavy atom. The number of ether oxygens (including phenoxy) is 1. The van der Waals surface area contributed by atoms with Crippen LogP contribution in [0.15, 0.2) is 18.2 Å². The van der Waals surface area contributed by atoms with Crippen LogP contribution in [0.5, 0.6) is 0 Å². The smallest absolute Gasteiger partial charge is 0.425 e. The number of rotatable bonds is 5. The molecule has 1 amide bonds. The van der Waals surface area contributed by atoms with E-state index >= 15 is 0 Å². The molecule has 2 saturated heterocycles. The normalized spacial score (nSPS) is 21.7. The molecule has 30 heavy (non-hydrogen) atoms. The standard InChI is InChI=1S/C21H30F3N3O3/c1-15-3-4-18(19(11-15)27-6-5-17(12-27)14-28)13-25-7-9-26(10-8-25)20(29)30-16(2)21(22,23)24/h3-4,11,16-17,28H,5-10,12-14H2,1-2H3. The Labute approximate surface area is 175 Å². The van der Waals surface area contributed by atoms with E-state index in [1.165, 1.54) is 21.7 Å². The van der Waals surface area contributed by atoms with Gasteiger partial charge in [0, 0.05) is 64.0 Å². The van der Waals surface area contributed by atoms with Gasteiger partial charge < -0.3 is 19.6 Å². The van der Waals surface area contributed by atoms with Crippen molar-refractivity contribution < 1.29 is 27.8 Å². The number of alkyl halides is 3. The molecule has 1 aromatic rings. The molecule has 9 heteroatoms. The van der Waals surface area contributed by atoms with E-state index in [0.717, 1.165) is 26.4 Å². The molecule has 168 valence electrons. The number of carbonyl (C=O) groups is 1. The number of benzene rings is 1. The Morgan fingerprint density at radius 3 is 2.53 bits per heavy atom. The van der Waals surface area contributed by atoms with E-state index in [0.29, 0.717) is 38.6 Å². The fourth-order valence-corrected chi connectivity index (χ4v) is 3.92. The minimum absolute atomic E-state index is 0.197. The van der Waals surface area contributed by atoms with E-state index in [4.69, 9.17) is 0 Å². The van der Waals surface area contributed by atoms with E-state index in [-0.39, 0.29) is 6.61 Å². The van der Waals surface area contributed by atoms with Gasteiger partial charge >= 0.3 is 12.3 Å². The second-order valence-electron chi connectivity index (χ2n) is 8.25. The van der Waals surface area contributed by atoms with Gasteiger partial charge in [-0.2, -0.15) is 13.2 Å². The van der Waals surface area contributed by atoms with Gasteiger partial charge in [0.1, 0.15) is 0 Å². The Morgan fingerprint density at radius 1 is 1.23 bits per heavy atom. The number of carbonyl (C=O) groups excluding carboxylic acids is 1. The van der Waals surface area contributed by atoms with Crippen molar-refractivity contribution in [1.82, 2.24) is 9.80 Å². The lowest BCUT2D eigenvalue weighted by Crippen LogP contribution is -2.49. The fourth-order valence-electron chi connectivity index (χ4n) is 3.92. The molecule has 6 nitrogen and oxygen atoms in total. The maximum Gasteiger partial charge on any atom is 0.425 e. The molecule has 2 heterocycles. The highest BCUT2D eigenvalue weighted by molar-refractivity contribution is 5.68. The third kappa shape index (κ3) is 5.57. The number of anilines is 1. The summed E-state index contributed by atoms with van der Waals surface area (Å²) < 4.78 is 42.3. The first-order chi connectivity index (χ1) is 14.2. The van der Waals surface area contributed by atoms with Crippen LogP contribution in [0.1, 0.15) is 24.5 Å². The molecule has 2 atom stereocenters. The van der Waals surface area contributed by atoms with Crippen LogP contribution in [0.4, 0.5) is 23.7 Å². The monoisotopic (exact) mass is 429 g/mol. The molecular weight excluding hydrogens is 399 g/mol. The first-order valence-electron chi connectivity index (χ1n) is 10.4. The Balaban J connectivity index is 1.57. The van der Waals surface area contributed by atoms with Crippen molar-refractivity contribution in [3.63, 3.8) is 0 Å². The molecule has 0 saturated carbocycles. The van der Waals surface area contributed by atoms with Crippen molar-refractivity contribution in [1.29, 1.82) is 0 Å². The lowest BCUT2D eigenvalue weighted by Gasteiger charge is -2.35. The van der Waals surface area contributed by atoms with E-state index < -0.39 is 18.4 Å². The number of amides is 1. The Hall–Kier alpha value is -2.00. The van der Waals surface area contributed by atoms with E-state index in [9.17, 15) is 23.1 Å². The molecule has 0 aliphatic carbocycles. The maximum absolute atomic E-state index is 12.6. The molecule has 0 spiro atoms. The van der Waals surface area contributed by atoms with Gasteiger partial charge in [-0.05, 0) is 37.5 Å². The molecule has 2 aliphatic heterocycles. The quantitative estimate of drug-likeness (QED) is 0.780. The van der Waals surface area contributed by atoms with E-state index in [1.54, 1.807) is 0 Å². The van der Waals surface area contributed by atoms with Crippen LogP contribution < -0.4 is 4.90 Å². The summed E-state index contributed by atoms with van der Waals surface area (Å²) in [6, 6.07) is 6.36. The predicted octanol–water partition coefficient (Wildman–Crippen LogP) is 3.02. The third-order valence-corrected chi connectivity index (χ3v) is 5.89. The van der Waals surface area contributed by atoms with Gasteiger partial charge in [0.15, 0.2) is 6.10 Å². The number of aliphatic hydroxyl groups excluding tert-OH is 1. The summed E-state index contributed by atoms with van der Waals surface area (Å²) in [6.45, 7) is 7.36. The molecule has 0 aromatic heterocycles. The maximum atomic E-state index is 12.6. The lowest BCUT2D eigenvalue weighted by molar-refractivity contribution is -0.200. The van der Waals surface area contributed by atoms with Crippen molar-refractivity contribution in [2.24, 2.45) is 5.92 Å². The van der Waals surface area contributed by atoms with Crippen LogP contribution in [-0.2, 0) is 11.3 Å². The molecule has 2 fully saturated rings. The fraction of sp³-hybridized carbons (Fsp3) is 0.667. The summed E-state index contributed by atoms with van der Waals surface area (Å²) in [4.78, 5) is 17.9. The lowest BCUT2D eigenvalue weighted by atomic mass is 10.1. The second-order valence-corrected chi connectivity index (χ2v) is 8.25.